The molecular formula is C15H24FN3O. The van der Waals surface area contributed by atoms with E-state index in [2.05, 4.69) is 12.2 Å². The molecule has 0 radical (unpaired) electrons. The lowest BCUT2D eigenvalue weighted by Crippen LogP contribution is -2.35. The molecule has 1 rings (SSSR count). The van der Waals surface area contributed by atoms with Crippen molar-refractivity contribution in [1.29, 1.82) is 0 Å². The summed E-state index contributed by atoms with van der Waals surface area (Å²) >= 11 is 0. The van der Waals surface area contributed by atoms with Gasteiger partial charge in [0.15, 0.2) is 0 Å². The Morgan fingerprint density at radius 1 is 1.40 bits per heavy atom. The van der Waals surface area contributed by atoms with Crippen LogP contribution in [-0.4, -0.2) is 25.5 Å². The molecule has 0 heterocycles. The number of halogens is 1. The van der Waals surface area contributed by atoms with Gasteiger partial charge in [0.25, 0.3) is 0 Å². The standard InChI is InChI=1S/C15H24FN3O/c1-3-5-8-19(11-15(17)20)14-7-6-13(16)9-12(14)10-18-4-2/h6-7,9,18H,3-5,8,10-11H2,1-2H3,(H2,17,20). The van der Waals surface area contributed by atoms with Crippen LogP contribution in [0.2, 0.25) is 0 Å². The van der Waals surface area contributed by atoms with Gasteiger partial charge < -0.3 is 16.0 Å². The van der Waals surface area contributed by atoms with Gasteiger partial charge in [0.1, 0.15) is 5.82 Å². The lowest BCUT2D eigenvalue weighted by molar-refractivity contribution is -0.116. The SMILES string of the molecule is CCCCN(CC(N)=O)c1ccc(F)cc1CNCC. The second-order valence-corrected chi connectivity index (χ2v) is 4.79. The molecule has 5 heteroatoms. The summed E-state index contributed by atoms with van der Waals surface area (Å²) in [5.41, 5.74) is 7.04. The number of rotatable bonds is 9. The summed E-state index contributed by atoms with van der Waals surface area (Å²) in [4.78, 5) is 13.2. The van der Waals surface area contributed by atoms with Crippen molar-refractivity contribution >= 4 is 11.6 Å². The molecule has 0 aromatic heterocycles. The van der Waals surface area contributed by atoms with Gasteiger partial charge in [0.2, 0.25) is 5.91 Å². The van der Waals surface area contributed by atoms with E-state index < -0.39 is 0 Å². The maximum Gasteiger partial charge on any atom is 0.236 e. The molecule has 20 heavy (non-hydrogen) atoms. The minimum atomic E-state index is -0.375. The number of benzene rings is 1. The first-order valence-corrected chi connectivity index (χ1v) is 7.10. The van der Waals surface area contributed by atoms with Gasteiger partial charge in [0, 0.05) is 18.8 Å². The number of hydrogen-bond donors (Lipinski definition) is 2. The van der Waals surface area contributed by atoms with Crippen molar-refractivity contribution in [3.8, 4) is 0 Å². The van der Waals surface area contributed by atoms with Gasteiger partial charge in [0.05, 0.1) is 6.54 Å². The Hall–Kier alpha value is -1.62. The second kappa shape index (κ2) is 8.53. The maximum absolute atomic E-state index is 13.4. The zero-order chi connectivity index (χ0) is 15.0. The van der Waals surface area contributed by atoms with E-state index in [1.807, 2.05) is 11.8 Å². The molecule has 0 aliphatic rings. The van der Waals surface area contributed by atoms with Crippen molar-refractivity contribution in [3.63, 3.8) is 0 Å². The van der Waals surface area contributed by atoms with Crippen molar-refractivity contribution in [2.45, 2.75) is 33.2 Å². The van der Waals surface area contributed by atoms with Gasteiger partial charge in [-0.15, -0.1) is 0 Å². The van der Waals surface area contributed by atoms with Gasteiger partial charge in [-0.1, -0.05) is 20.3 Å². The molecule has 1 aromatic carbocycles. The Morgan fingerprint density at radius 3 is 2.75 bits per heavy atom. The topological polar surface area (TPSA) is 58.4 Å². The first-order valence-electron chi connectivity index (χ1n) is 7.10. The fraction of sp³-hybridized carbons (Fsp3) is 0.533. The van der Waals surface area contributed by atoms with Crippen LogP contribution in [0.15, 0.2) is 18.2 Å². The van der Waals surface area contributed by atoms with Crippen molar-refractivity contribution in [1.82, 2.24) is 5.32 Å². The number of primary amides is 1. The smallest absolute Gasteiger partial charge is 0.236 e. The van der Waals surface area contributed by atoms with Crippen molar-refractivity contribution < 1.29 is 9.18 Å². The summed E-state index contributed by atoms with van der Waals surface area (Å²) in [6.45, 7) is 6.37. The zero-order valence-electron chi connectivity index (χ0n) is 12.3. The zero-order valence-corrected chi connectivity index (χ0v) is 12.3. The summed E-state index contributed by atoms with van der Waals surface area (Å²) < 4.78 is 13.4. The summed E-state index contributed by atoms with van der Waals surface area (Å²) in [6.07, 6.45) is 1.99. The Balaban J connectivity index is 2.99. The number of nitrogens with two attached hydrogens (primary N) is 1. The van der Waals surface area contributed by atoms with Crippen molar-refractivity contribution in [2.75, 3.05) is 24.5 Å². The van der Waals surface area contributed by atoms with E-state index in [-0.39, 0.29) is 18.3 Å². The molecule has 0 aliphatic heterocycles. The fourth-order valence-electron chi connectivity index (χ4n) is 2.09. The number of amides is 1. The summed E-state index contributed by atoms with van der Waals surface area (Å²) in [5, 5.41) is 3.19. The number of hydrogen-bond acceptors (Lipinski definition) is 3. The average molecular weight is 281 g/mol. The van der Waals surface area contributed by atoms with Crippen LogP contribution in [0.3, 0.4) is 0 Å². The molecule has 0 saturated heterocycles. The van der Waals surface area contributed by atoms with Gasteiger partial charge >= 0.3 is 0 Å². The van der Waals surface area contributed by atoms with Gasteiger partial charge in [-0.2, -0.15) is 0 Å². The highest BCUT2D eigenvalue weighted by molar-refractivity contribution is 5.80. The number of unbranched alkanes of at least 4 members (excludes halogenated alkanes) is 1. The van der Waals surface area contributed by atoms with Crippen LogP contribution in [0, 0.1) is 5.82 Å². The molecule has 0 aliphatic carbocycles. The molecule has 0 spiro atoms. The molecule has 0 fully saturated rings. The minimum Gasteiger partial charge on any atom is -0.368 e. The third kappa shape index (κ3) is 5.17. The van der Waals surface area contributed by atoms with Gasteiger partial charge in [-0.05, 0) is 36.7 Å². The number of carbonyl (C=O) groups excluding carboxylic acids is 1. The number of anilines is 1. The van der Waals surface area contributed by atoms with E-state index in [1.54, 1.807) is 6.07 Å². The van der Waals surface area contributed by atoms with Crippen LogP contribution in [0.25, 0.3) is 0 Å². The molecule has 3 N–H and O–H groups in total. The fourth-order valence-corrected chi connectivity index (χ4v) is 2.09. The van der Waals surface area contributed by atoms with E-state index in [1.165, 1.54) is 12.1 Å². The summed E-state index contributed by atoms with van der Waals surface area (Å²) in [6, 6.07) is 4.66. The lowest BCUT2D eigenvalue weighted by Gasteiger charge is -2.26. The Labute approximate surface area is 120 Å². The Bertz CT molecular complexity index is 437. The Kier molecular flexibility index (Phi) is 7.01. The highest BCUT2D eigenvalue weighted by Gasteiger charge is 2.13. The van der Waals surface area contributed by atoms with E-state index in [0.717, 1.165) is 37.2 Å². The summed E-state index contributed by atoms with van der Waals surface area (Å²) in [7, 11) is 0. The molecule has 1 amide bonds. The largest absolute Gasteiger partial charge is 0.368 e. The number of carbonyl (C=O) groups is 1. The lowest BCUT2D eigenvalue weighted by atomic mass is 10.1. The predicted molar refractivity (Wildman–Crippen MR) is 80.1 cm³/mol. The third-order valence-corrected chi connectivity index (χ3v) is 3.08. The molecule has 0 unspecified atom stereocenters. The molecule has 4 nitrogen and oxygen atoms in total. The second-order valence-electron chi connectivity index (χ2n) is 4.79. The molecule has 112 valence electrons. The van der Waals surface area contributed by atoms with Gasteiger partial charge in [-0.25, -0.2) is 4.39 Å². The van der Waals surface area contributed by atoms with E-state index in [0.29, 0.717) is 6.54 Å². The Morgan fingerprint density at radius 2 is 2.15 bits per heavy atom. The first kappa shape index (κ1) is 16.4. The van der Waals surface area contributed by atoms with E-state index >= 15 is 0 Å². The van der Waals surface area contributed by atoms with Crippen LogP contribution in [0.1, 0.15) is 32.3 Å². The first-order chi connectivity index (χ1) is 9.58. The average Bonchev–Trinajstić information content (AvgIpc) is 2.41. The van der Waals surface area contributed by atoms with Crippen molar-refractivity contribution in [3.05, 3.63) is 29.6 Å². The minimum absolute atomic E-state index is 0.157. The van der Waals surface area contributed by atoms with Crippen LogP contribution in [-0.2, 0) is 11.3 Å². The van der Waals surface area contributed by atoms with Gasteiger partial charge in [-0.3, -0.25) is 4.79 Å². The molecule has 0 bridgehead atoms. The highest BCUT2D eigenvalue weighted by atomic mass is 19.1. The third-order valence-electron chi connectivity index (χ3n) is 3.08. The summed E-state index contributed by atoms with van der Waals surface area (Å²) in [5.74, 6) is -0.643. The highest BCUT2D eigenvalue weighted by Crippen LogP contribution is 2.22. The van der Waals surface area contributed by atoms with Crippen LogP contribution in [0.4, 0.5) is 10.1 Å². The van der Waals surface area contributed by atoms with Crippen LogP contribution >= 0.6 is 0 Å². The van der Waals surface area contributed by atoms with E-state index in [9.17, 15) is 9.18 Å². The predicted octanol–water partition coefficient (Wildman–Crippen LogP) is 2.03. The maximum atomic E-state index is 13.4. The quantitative estimate of drug-likeness (QED) is 0.728. The van der Waals surface area contributed by atoms with E-state index in [4.69, 9.17) is 5.73 Å². The molecule has 0 atom stereocenters. The molecule has 1 aromatic rings. The monoisotopic (exact) mass is 281 g/mol. The van der Waals surface area contributed by atoms with Crippen LogP contribution in [0.5, 0.6) is 0 Å². The molecular weight excluding hydrogens is 257 g/mol. The number of nitrogens with one attached hydrogen (secondary N) is 1. The number of nitrogens with zero attached hydrogens (tertiary/aromatic N) is 1. The van der Waals surface area contributed by atoms with Crippen molar-refractivity contribution in [2.24, 2.45) is 5.73 Å². The normalized spacial score (nSPS) is 10.6. The molecule has 0 saturated carbocycles. The van der Waals surface area contributed by atoms with Crippen LogP contribution < -0.4 is 16.0 Å².